The number of likely N-dealkylation sites (tertiary alicyclic amines) is 1. The zero-order chi connectivity index (χ0) is 28.6. The van der Waals surface area contributed by atoms with E-state index in [0.29, 0.717) is 30.9 Å². The number of rotatable bonds is 10. The number of hydrogen-bond acceptors (Lipinski definition) is 6. The molecule has 3 amide bonds. The Morgan fingerprint density at radius 2 is 1.85 bits per heavy atom. The van der Waals surface area contributed by atoms with Gasteiger partial charge in [-0.3, -0.25) is 14.4 Å². The van der Waals surface area contributed by atoms with Gasteiger partial charge >= 0.3 is 0 Å². The average molecular weight is 631 g/mol. The number of carbonyl (C=O) groups excluding carboxylic acids is 3. The molecule has 8 nitrogen and oxygen atoms in total. The Morgan fingerprint density at radius 3 is 2.48 bits per heavy atom. The van der Waals surface area contributed by atoms with Crippen LogP contribution >= 0.6 is 27.7 Å². The highest BCUT2D eigenvalue weighted by Gasteiger charge is 2.76. The van der Waals surface area contributed by atoms with Crippen molar-refractivity contribution in [1.29, 1.82) is 0 Å². The largest absolute Gasteiger partial charge is 0.494 e. The molecule has 40 heavy (non-hydrogen) atoms. The van der Waals surface area contributed by atoms with Crippen LogP contribution in [-0.4, -0.2) is 73.9 Å². The van der Waals surface area contributed by atoms with Crippen molar-refractivity contribution >= 4 is 51.1 Å². The van der Waals surface area contributed by atoms with E-state index in [1.54, 1.807) is 40.9 Å². The van der Waals surface area contributed by atoms with Gasteiger partial charge in [-0.2, -0.15) is 0 Å². The van der Waals surface area contributed by atoms with Crippen LogP contribution in [0.15, 0.2) is 54.6 Å². The number of amides is 3. The minimum absolute atomic E-state index is 0.0337. The smallest absolute Gasteiger partial charge is 0.244 e. The van der Waals surface area contributed by atoms with Gasteiger partial charge in [-0.25, -0.2) is 0 Å². The van der Waals surface area contributed by atoms with Crippen molar-refractivity contribution in [3.63, 3.8) is 0 Å². The first-order valence-electron chi connectivity index (χ1n) is 13.8. The van der Waals surface area contributed by atoms with E-state index >= 15 is 0 Å². The molecule has 2 aromatic rings. The van der Waals surface area contributed by atoms with Crippen molar-refractivity contribution in [3.8, 4) is 5.75 Å². The molecule has 214 valence electrons. The van der Waals surface area contributed by atoms with E-state index in [0.717, 1.165) is 5.56 Å². The number of thioether (sulfide) groups is 1. The highest BCUT2D eigenvalue weighted by molar-refractivity contribution is 9.09. The third kappa shape index (κ3) is 5.14. The molecule has 3 aliphatic heterocycles. The highest BCUT2D eigenvalue weighted by Crippen LogP contribution is 2.68. The molecule has 7 atom stereocenters. The number of ether oxygens (including phenoxy) is 1. The summed E-state index contributed by atoms with van der Waals surface area (Å²) in [5, 5.41) is 16.4. The number of aliphatic hydroxyl groups is 1. The van der Waals surface area contributed by atoms with Crippen molar-refractivity contribution in [2.45, 2.75) is 66.6 Å². The summed E-state index contributed by atoms with van der Waals surface area (Å²) in [5.74, 6) is -1.30. The molecule has 0 radical (unpaired) electrons. The van der Waals surface area contributed by atoms with E-state index in [1.807, 2.05) is 51.1 Å². The van der Waals surface area contributed by atoms with Crippen LogP contribution in [0.4, 0.5) is 5.69 Å². The third-order valence-corrected chi connectivity index (χ3v) is 11.3. The second kappa shape index (κ2) is 11.7. The molecular weight excluding hydrogens is 594 g/mol. The lowest BCUT2D eigenvalue weighted by Gasteiger charge is -2.37. The van der Waals surface area contributed by atoms with E-state index in [4.69, 9.17) is 4.74 Å². The monoisotopic (exact) mass is 629 g/mol. The van der Waals surface area contributed by atoms with Crippen LogP contribution in [-0.2, 0) is 20.8 Å². The Kier molecular flexibility index (Phi) is 8.50. The van der Waals surface area contributed by atoms with Crippen molar-refractivity contribution < 1.29 is 24.2 Å². The van der Waals surface area contributed by atoms with Gasteiger partial charge in [0, 0.05) is 21.8 Å². The predicted molar refractivity (Wildman–Crippen MR) is 160 cm³/mol. The first-order chi connectivity index (χ1) is 19.2. The Balaban J connectivity index is 1.49. The lowest BCUT2D eigenvalue weighted by Crippen LogP contribution is -2.58. The van der Waals surface area contributed by atoms with Gasteiger partial charge in [-0.05, 0) is 63.4 Å². The fraction of sp³-hybridized carbons (Fsp3) is 0.500. The van der Waals surface area contributed by atoms with Gasteiger partial charge in [0.25, 0.3) is 0 Å². The number of alkyl halides is 1. The zero-order valence-electron chi connectivity index (χ0n) is 22.9. The van der Waals surface area contributed by atoms with Crippen LogP contribution in [0.25, 0.3) is 0 Å². The molecule has 3 N–H and O–H groups in total. The topological polar surface area (TPSA) is 108 Å². The number of anilines is 1. The predicted octanol–water partition coefficient (Wildman–Crippen LogP) is 3.62. The molecule has 2 bridgehead atoms. The van der Waals surface area contributed by atoms with Crippen LogP contribution in [0.2, 0.25) is 0 Å². The summed E-state index contributed by atoms with van der Waals surface area (Å²) in [6.45, 7) is 5.95. The molecule has 3 aliphatic rings. The molecule has 0 aromatic heterocycles. The number of halogens is 1. The van der Waals surface area contributed by atoms with E-state index in [9.17, 15) is 19.5 Å². The van der Waals surface area contributed by atoms with Crippen LogP contribution < -0.4 is 15.4 Å². The number of fused-ring (bicyclic) bond motifs is 1. The Hall–Kier alpha value is -2.56. The van der Waals surface area contributed by atoms with Gasteiger partial charge < -0.3 is 25.4 Å². The first-order valence-corrected chi connectivity index (χ1v) is 15.6. The first kappa shape index (κ1) is 29.0. The maximum atomic E-state index is 14.4. The molecule has 0 aliphatic carbocycles. The second-order valence-corrected chi connectivity index (χ2v) is 13.8. The SMILES string of the molecule is CCOc1ccc(NC(=O)[C@H]2[C@H]3C(=O)N([C@@H](CO)Cc4ccccc4)C(C(=O)NC(C)C)C34CC(Br)[C@@H]2S4)cc1. The molecule has 3 heterocycles. The standard InChI is InChI=1S/C30H36BrN3O5S/c1-4-39-21-12-10-19(11-13-21)33-27(36)23-24-29(38)34(20(16-35)14-18-8-6-5-7-9-18)26(28(37)32-17(2)3)30(24)15-22(31)25(23)40-30/h5-13,17,20,22-26,35H,4,14-16H2,1-3H3,(H,32,37)(H,33,36)/t20-,22?,23+,24+,25+,26?,30?/m1/s1. The minimum Gasteiger partial charge on any atom is -0.494 e. The Morgan fingerprint density at radius 1 is 1.15 bits per heavy atom. The summed E-state index contributed by atoms with van der Waals surface area (Å²) in [4.78, 5) is 43.6. The molecule has 3 unspecified atom stereocenters. The van der Waals surface area contributed by atoms with Crippen LogP contribution in [0.5, 0.6) is 5.75 Å². The van der Waals surface area contributed by atoms with Gasteiger partial charge in [0.1, 0.15) is 11.8 Å². The van der Waals surface area contributed by atoms with Crippen molar-refractivity contribution in [2.24, 2.45) is 11.8 Å². The maximum absolute atomic E-state index is 14.4. The van der Waals surface area contributed by atoms with Gasteiger partial charge in [0.15, 0.2) is 0 Å². The van der Waals surface area contributed by atoms with Crippen LogP contribution in [0.3, 0.4) is 0 Å². The summed E-state index contributed by atoms with van der Waals surface area (Å²) < 4.78 is 4.73. The highest BCUT2D eigenvalue weighted by atomic mass is 79.9. The lowest BCUT2D eigenvalue weighted by molar-refractivity contribution is -0.142. The summed E-state index contributed by atoms with van der Waals surface area (Å²) in [6, 6.07) is 15.3. The summed E-state index contributed by atoms with van der Waals surface area (Å²) in [7, 11) is 0. The number of aliphatic hydroxyl groups excluding tert-OH is 1. The van der Waals surface area contributed by atoms with Crippen LogP contribution in [0, 0.1) is 11.8 Å². The van der Waals surface area contributed by atoms with Crippen LogP contribution in [0.1, 0.15) is 32.8 Å². The lowest BCUT2D eigenvalue weighted by atomic mass is 9.70. The fourth-order valence-electron chi connectivity index (χ4n) is 6.59. The number of nitrogens with one attached hydrogen (secondary N) is 2. The van der Waals surface area contributed by atoms with E-state index in [1.165, 1.54) is 0 Å². The third-order valence-electron chi connectivity index (χ3n) is 8.06. The minimum atomic E-state index is -0.799. The van der Waals surface area contributed by atoms with Gasteiger partial charge in [0.2, 0.25) is 17.7 Å². The van der Waals surface area contributed by atoms with E-state index in [-0.39, 0.29) is 40.4 Å². The quantitative estimate of drug-likeness (QED) is 0.347. The van der Waals surface area contributed by atoms with Gasteiger partial charge in [-0.1, -0.05) is 46.3 Å². The molecule has 0 saturated carbocycles. The molecule has 2 aromatic carbocycles. The van der Waals surface area contributed by atoms with Gasteiger partial charge in [-0.15, -0.1) is 11.8 Å². The number of nitrogens with zero attached hydrogens (tertiary/aromatic N) is 1. The summed E-state index contributed by atoms with van der Waals surface area (Å²) in [5.41, 5.74) is 1.59. The van der Waals surface area contributed by atoms with Crippen molar-refractivity contribution in [3.05, 3.63) is 60.2 Å². The van der Waals surface area contributed by atoms with Gasteiger partial charge in [0.05, 0.1) is 35.8 Å². The van der Waals surface area contributed by atoms with E-state index in [2.05, 4.69) is 26.6 Å². The molecule has 1 spiro atoms. The number of benzene rings is 2. The second-order valence-electron chi connectivity index (χ2n) is 11.0. The number of carbonyl (C=O) groups is 3. The van der Waals surface area contributed by atoms with E-state index < -0.39 is 28.7 Å². The average Bonchev–Trinajstić information content (AvgIpc) is 3.52. The maximum Gasteiger partial charge on any atom is 0.244 e. The van der Waals surface area contributed by atoms with Crippen molar-refractivity contribution in [1.82, 2.24) is 10.2 Å². The molecular formula is C30H36BrN3O5S. The molecule has 3 fully saturated rings. The Labute approximate surface area is 247 Å². The fourth-order valence-corrected chi connectivity index (χ4v) is 10.2. The normalized spacial score (nSPS) is 29.4. The molecule has 5 rings (SSSR count). The summed E-state index contributed by atoms with van der Waals surface area (Å²) in [6.07, 6.45) is 0.994. The Bertz CT molecular complexity index is 1250. The zero-order valence-corrected chi connectivity index (χ0v) is 25.3. The van der Waals surface area contributed by atoms with Crippen molar-refractivity contribution in [2.75, 3.05) is 18.5 Å². The number of hydrogen-bond donors (Lipinski definition) is 3. The summed E-state index contributed by atoms with van der Waals surface area (Å²) >= 11 is 5.38. The molecule has 10 heteroatoms. The molecule has 3 saturated heterocycles.